The fourth-order valence-electron chi connectivity index (χ4n) is 8.00. The number of hydrogen-bond donors (Lipinski definition) is 14. The lowest BCUT2D eigenvalue weighted by molar-refractivity contribution is -0.127. The number of aliphatic imine (C=N–C) groups is 1. The van der Waals surface area contributed by atoms with Crippen LogP contribution in [0.2, 0.25) is 0 Å². The molecule has 0 aliphatic heterocycles. The molecule has 0 saturated heterocycles. The minimum atomic E-state index is -4.94. The summed E-state index contributed by atoms with van der Waals surface area (Å²) in [5, 5.41) is 117. The van der Waals surface area contributed by atoms with Gasteiger partial charge in [0.05, 0.1) is 73.2 Å². The van der Waals surface area contributed by atoms with Crippen molar-refractivity contribution in [3.05, 3.63) is 134 Å². The average Bonchev–Trinajstić information content (AvgIpc) is 3.40. The number of unbranched alkanes of at least 4 members (excludes halogenated alkanes) is 2. The second-order valence-corrected chi connectivity index (χ2v) is 21.6. The standard InChI is InChI=1S/C61H101N3O16S/c1-6-8-10-22-37-63-61(62)64-38-26-34-54(71)40-50(67)29-23-28-48(65)39-49(66)30-24-31-51(68)41-55(72)42-52(69)32-25-33-53(70)43-56(73)44-58(75)46(4)59(80-81(77,78)79)36-21-19-17-15-13-11-12-14-16-18-20-35-57(74)47(5)60(76)45(3)27-9-7-2/h9,11-25,27-28,31,33,35,37,45-57,59-60,65-74,76H,6-8,10,26,29-30,32,34,36,38-44H2,1-5H3,(H3,62,63,64)(H,77,78,79). The Morgan fingerprint density at radius 3 is 1.59 bits per heavy atom. The average molecular weight is 1160 g/mol. The quantitative estimate of drug-likeness (QED) is 0.00844. The van der Waals surface area contributed by atoms with Crippen LogP contribution in [0.3, 0.4) is 0 Å². The van der Waals surface area contributed by atoms with Crippen molar-refractivity contribution in [3.63, 3.8) is 0 Å². The third-order valence-electron chi connectivity index (χ3n) is 12.8. The zero-order valence-corrected chi connectivity index (χ0v) is 49.1. The first-order chi connectivity index (χ1) is 38.4. The van der Waals surface area contributed by atoms with Gasteiger partial charge in [0.2, 0.25) is 0 Å². The number of aliphatic hydroxyl groups excluding tert-OH is 11. The SMILES string of the molecule is CCC=CC(C)C(O)C(C)C(O)C=CC=CC=CC=CC=CC=CCC(OS(=O)(=O)O)C(C)C(=O)CC(O)CC(O)C=CCC(O)CC(O)CC(O)C=CCC(O)CC(O)C=CCC(O)CC(O)CCCN=C(N)NC=CCCCC. The summed E-state index contributed by atoms with van der Waals surface area (Å²) in [6.45, 7) is 9.67. The summed E-state index contributed by atoms with van der Waals surface area (Å²) in [5.41, 5.74) is 5.82. The lowest BCUT2D eigenvalue weighted by Crippen LogP contribution is -2.32. The van der Waals surface area contributed by atoms with Crippen LogP contribution in [0.25, 0.3) is 0 Å². The van der Waals surface area contributed by atoms with Crippen molar-refractivity contribution in [2.75, 3.05) is 6.54 Å². The van der Waals surface area contributed by atoms with Crippen molar-refractivity contribution in [2.24, 2.45) is 28.5 Å². The highest BCUT2D eigenvalue weighted by molar-refractivity contribution is 7.80. The molecule has 0 aromatic rings. The highest BCUT2D eigenvalue weighted by Gasteiger charge is 2.30. The molecule has 0 radical (unpaired) electrons. The maximum absolute atomic E-state index is 13.0. The summed E-state index contributed by atoms with van der Waals surface area (Å²) in [7, 11) is -4.94. The van der Waals surface area contributed by atoms with Gasteiger partial charge in [-0.3, -0.25) is 14.3 Å². The molecule has 15 unspecified atom stereocenters. The number of ketones is 1. The van der Waals surface area contributed by atoms with Crippen LogP contribution >= 0.6 is 0 Å². The molecule has 0 bridgehead atoms. The highest BCUT2D eigenvalue weighted by atomic mass is 32.3. The van der Waals surface area contributed by atoms with Gasteiger partial charge < -0.3 is 67.2 Å². The summed E-state index contributed by atoms with van der Waals surface area (Å²) in [6.07, 6.45) is 29.2. The molecular weight excluding hydrogens is 1060 g/mol. The number of carbonyl (C=O) groups is 1. The maximum Gasteiger partial charge on any atom is 0.397 e. The van der Waals surface area contributed by atoms with Crippen LogP contribution in [-0.4, -0.2) is 161 Å². The minimum Gasteiger partial charge on any atom is -0.393 e. The van der Waals surface area contributed by atoms with E-state index < -0.39 is 102 Å². The normalized spacial score (nSPS) is 19.3. The molecule has 0 aromatic heterocycles. The van der Waals surface area contributed by atoms with Crippen molar-refractivity contribution in [1.29, 1.82) is 0 Å². The lowest BCUT2D eigenvalue weighted by atomic mass is 9.89. The molecule has 0 fully saturated rings. The Balaban J connectivity index is 4.72. The van der Waals surface area contributed by atoms with E-state index in [0.29, 0.717) is 25.3 Å². The lowest BCUT2D eigenvalue weighted by Gasteiger charge is -2.25. The van der Waals surface area contributed by atoms with E-state index in [0.717, 1.165) is 25.7 Å². The van der Waals surface area contributed by atoms with Crippen LogP contribution in [0.15, 0.2) is 139 Å². The predicted molar refractivity (Wildman–Crippen MR) is 320 cm³/mol. The fraction of sp³-hybridized carbons (Fsp3) is 0.607. The van der Waals surface area contributed by atoms with Gasteiger partial charge in [-0.25, -0.2) is 4.18 Å². The number of aliphatic hydroxyl groups is 11. The number of nitrogens with two attached hydrogens (primary N) is 1. The monoisotopic (exact) mass is 1160 g/mol. The van der Waals surface area contributed by atoms with E-state index >= 15 is 0 Å². The van der Waals surface area contributed by atoms with Crippen molar-refractivity contribution < 1.29 is 78.1 Å². The number of allylic oxidation sites excluding steroid dienone is 12. The third kappa shape index (κ3) is 43.8. The fourth-order valence-corrected chi connectivity index (χ4v) is 8.56. The number of nitrogens with one attached hydrogen (secondary N) is 1. The van der Waals surface area contributed by atoms with Gasteiger partial charge in [0.1, 0.15) is 5.78 Å². The zero-order chi connectivity index (χ0) is 61.0. The summed E-state index contributed by atoms with van der Waals surface area (Å²) in [6, 6.07) is 0. The van der Waals surface area contributed by atoms with Crippen LogP contribution in [-0.2, 0) is 19.4 Å². The van der Waals surface area contributed by atoms with Gasteiger partial charge in [-0.05, 0) is 70.4 Å². The van der Waals surface area contributed by atoms with Gasteiger partial charge in [0.25, 0.3) is 0 Å². The number of Topliss-reactive ketones (excluding diaryl/α,β-unsaturated/α-hetero) is 1. The molecule has 0 saturated carbocycles. The number of guanidine groups is 1. The summed E-state index contributed by atoms with van der Waals surface area (Å²) >= 11 is 0. The Hall–Kier alpha value is -4.49. The van der Waals surface area contributed by atoms with E-state index in [2.05, 4.69) is 17.2 Å². The van der Waals surface area contributed by atoms with Gasteiger partial charge in [0, 0.05) is 50.0 Å². The second kappa shape index (κ2) is 46.9. The molecule has 0 amide bonds. The Labute approximate surface area is 483 Å². The van der Waals surface area contributed by atoms with Gasteiger partial charge >= 0.3 is 10.4 Å². The largest absolute Gasteiger partial charge is 0.397 e. The first kappa shape index (κ1) is 76.5. The van der Waals surface area contributed by atoms with E-state index in [1.165, 1.54) is 37.3 Å². The summed E-state index contributed by atoms with van der Waals surface area (Å²) in [5.74, 6) is -1.78. The first-order valence-corrected chi connectivity index (χ1v) is 29.8. The van der Waals surface area contributed by atoms with E-state index in [1.807, 2.05) is 32.1 Å². The first-order valence-electron chi connectivity index (χ1n) is 28.4. The topological polar surface area (TPSA) is 354 Å². The maximum atomic E-state index is 13.0. The van der Waals surface area contributed by atoms with Crippen molar-refractivity contribution >= 4 is 22.1 Å². The second-order valence-electron chi connectivity index (χ2n) is 20.5. The van der Waals surface area contributed by atoms with E-state index in [4.69, 9.17) is 9.92 Å². The molecule has 0 spiro atoms. The number of hydrogen-bond acceptors (Lipinski definition) is 16. The molecule has 15 N–H and O–H groups in total. The smallest absolute Gasteiger partial charge is 0.393 e. The van der Waals surface area contributed by atoms with Crippen LogP contribution in [0.4, 0.5) is 0 Å². The van der Waals surface area contributed by atoms with Crippen molar-refractivity contribution in [2.45, 2.75) is 211 Å². The molecule has 462 valence electrons. The van der Waals surface area contributed by atoms with Crippen LogP contribution in [0.5, 0.6) is 0 Å². The van der Waals surface area contributed by atoms with Crippen molar-refractivity contribution in [3.8, 4) is 0 Å². The van der Waals surface area contributed by atoms with Gasteiger partial charge in [-0.15, -0.1) is 0 Å². The van der Waals surface area contributed by atoms with Crippen LogP contribution in [0.1, 0.15) is 137 Å². The minimum absolute atomic E-state index is 0.0109. The Bertz CT molecular complexity index is 2140. The molecule has 15 atom stereocenters. The van der Waals surface area contributed by atoms with Crippen molar-refractivity contribution in [1.82, 2.24) is 5.32 Å². The molecule has 0 rings (SSSR count). The molecule has 81 heavy (non-hydrogen) atoms. The molecule has 0 heterocycles. The molecule has 20 heteroatoms. The number of carbonyl (C=O) groups excluding carboxylic acids is 1. The summed E-state index contributed by atoms with van der Waals surface area (Å²) < 4.78 is 37.4. The van der Waals surface area contributed by atoms with E-state index in [1.54, 1.807) is 92.1 Å². The van der Waals surface area contributed by atoms with Gasteiger partial charge in [-0.2, -0.15) is 8.42 Å². The highest BCUT2D eigenvalue weighted by Crippen LogP contribution is 2.21. The Morgan fingerprint density at radius 1 is 0.568 bits per heavy atom. The molecule has 0 aliphatic carbocycles. The van der Waals surface area contributed by atoms with Crippen LogP contribution < -0.4 is 11.1 Å². The predicted octanol–water partition coefficient (Wildman–Crippen LogP) is 5.88. The summed E-state index contributed by atoms with van der Waals surface area (Å²) in [4.78, 5) is 17.2. The Kier molecular flexibility index (Phi) is 44.3. The molecular formula is C61H101N3O16S. The number of rotatable bonds is 46. The van der Waals surface area contributed by atoms with Gasteiger partial charge in [-0.1, -0.05) is 175 Å². The van der Waals surface area contributed by atoms with Crippen LogP contribution in [0, 0.1) is 17.8 Å². The molecule has 19 nitrogen and oxygen atoms in total. The molecule has 0 aromatic carbocycles. The van der Waals surface area contributed by atoms with Gasteiger partial charge in [0.15, 0.2) is 5.96 Å². The Morgan fingerprint density at radius 2 is 1.06 bits per heavy atom. The van der Waals surface area contributed by atoms with E-state index in [9.17, 15) is 73.9 Å². The number of nitrogens with zero attached hydrogens (tertiary/aromatic N) is 1. The zero-order valence-electron chi connectivity index (χ0n) is 48.3. The molecule has 0 aliphatic rings. The van der Waals surface area contributed by atoms with E-state index in [-0.39, 0.29) is 69.6 Å². The third-order valence-corrected chi connectivity index (χ3v) is 13.3.